The van der Waals surface area contributed by atoms with E-state index < -0.39 is 11.8 Å². The molecule has 0 radical (unpaired) electrons. The third-order valence-electron chi connectivity index (χ3n) is 7.11. The number of rotatable bonds is 4. The number of H-pyrrole nitrogens is 1. The van der Waals surface area contributed by atoms with Crippen LogP contribution in [0.3, 0.4) is 0 Å². The second-order valence-corrected chi connectivity index (χ2v) is 8.76. The van der Waals surface area contributed by atoms with Gasteiger partial charge in [-0.15, -0.1) is 0 Å². The van der Waals surface area contributed by atoms with E-state index in [0.29, 0.717) is 17.0 Å². The molecular formula is C23H22FN5O2. The second kappa shape index (κ2) is 6.80. The Kier molecular flexibility index (Phi) is 4.03. The van der Waals surface area contributed by atoms with Crippen LogP contribution in [0.2, 0.25) is 0 Å². The Hall–Kier alpha value is -3.42. The van der Waals surface area contributed by atoms with Crippen LogP contribution in [0.4, 0.5) is 10.1 Å². The van der Waals surface area contributed by atoms with E-state index in [-0.39, 0.29) is 17.9 Å². The van der Waals surface area contributed by atoms with E-state index in [1.807, 2.05) is 29.1 Å². The van der Waals surface area contributed by atoms with Crippen LogP contribution in [-0.2, 0) is 4.79 Å². The molecule has 3 aliphatic carbocycles. The number of anilines is 1. The van der Waals surface area contributed by atoms with E-state index in [1.165, 1.54) is 12.3 Å². The first-order valence-electron chi connectivity index (χ1n) is 10.7. The number of carboxylic acids is 1. The van der Waals surface area contributed by atoms with Gasteiger partial charge in [-0.1, -0.05) is 0 Å². The number of halogens is 1. The summed E-state index contributed by atoms with van der Waals surface area (Å²) >= 11 is 0. The van der Waals surface area contributed by atoms with Gasteiger partial charge in [0, 0.05) is 47.3 Å². The summed E-state index contributed by atoms with van der Waals surface area (Å²) in [5, 5.41) is 14.1. The Morgan fingerprint density at radius 2 is 1.97 bits per heavy atom. The minimum absolute atomic E-state index is 0.0964. The summed E-state index contributed by atoms with van der Waals surface area (Å²) in [6.07, 6.45) is 12.7. The van der Waals surface area contributed by atoms with Gasteiger partial charge >= 0.3 is 5.97 Å². The smallest absolute Gasteiger partial charge is 0.308 e. The second-order valence-electron chi connectivity index (χ2n) is 8.76. The number of nitrogens with zero attached hydrogens (tertiary/aromatic N) is 3. The molecule has 4 aromatic rings. The summed E-state index contributed by atoms with van der Waals surface area (Å²) in [5.74, 6) is -0.891. The summed E-state index contributed by atoms with van der Waals surface area (Å²) in [7, 11) is 0. The van der Waals surface area contributed by atoms with Crippen LogP contribution in [0.25, 0.3) is 27.8 Å². The number of aliphatic carboxylic acids is 1. The quantitative estimate of drug-likeness (QED) is 0.458. The van der Waals surface area contributed by atoms with Gasteiger partial charge in [0.15, 0.2) is 0 Å². The molecule has 0 spiro atoms. The number of hydrogen-bond donors (Lipinski definition) is 3. The van der Waals surface area contributed by atoms with Crippen LogP contribution >= 0.6 is 0 Å². The summed E-state index contributed by atoms with van der Waals surface area (Å²) in [5.41, 5.74) is 3.83. The molecule has 2 atom stereocenters. The van der Waals surface area contributed by atoms with Crippen molar-refractivity contribution in [1.29, 1.82) is 0 Å². The number of imidazole rings is 1. The van der Waals surface area contributed by atoms with Crippen LogP contribution in [0.1, 0.15) is 25.7 Å². The van der Waals surface area contributed by atoms with Crippen molar-refractivity contribution in [2.75, 3.05) is 5.32 Å². The topological polar surface area (TPSA) is 95.3 Å². The molecule has 0 aromatic carbocycles. The molecule has 3 fully saturated rings. The van der Waals surface area contributed by atoms with Crippen molar-refractivity contribution in [2.24, 2.45) is 17.8 Å². The number of hydrogen-bond acceptors (Lipinski definition) is 4. The molecule has 8 heteroatoms. The molecule has 7 nitrogen and oxygen atoms in total. The monoisotopic (exact) mass is 419 g/mol. The average molecular weight is 419 g/mol. The van der Waals surface area contributed by atoms with Crippen molar-refractivity contribution in [1.82, 2.24) is 19.4 Å². The van der Waals surface area contributed by atoms with Gasteiger partial charge in [0.1, 0.15) is 17.1 Å². The molecule has 7 rings (SSSR count). The number of pyridine rings is 2. The molecule has 158 valence electrons. The van der Waals surface area contributed by atoms with Crippen molar-refractivity contribution < 1.29 is 14.3 Å². The molecule has 0 amide bonds. The zero-order chi connectivity index (χ0) is 21.1. The maximum absolute atomic E-state index is 13.9. The normalized spacial score (nSPS) is 25.3. The molecule has 3 aliphatic rings. The van der Waals surface area contributed by atoms with Gasteiger partial charge in [0.25, 0.3) is 0 Å². The molecule has 4 heterocycles. The number of aromatic amines is 1. The number of fused-ring (bicyclic) bond motifs is 5. The molecule has 2 bridgehead atoms. The van der Waals surface area contributed by atoms with Crippen LogP contribution in [-0.4, -0.2) is 36.5 Å². The van der Waals surface area contributed by atoms with Gasteiger partial charge < -0.3 is 19.8 Å². The van der Waals surface area contributed by atoms with Crippen molar-refractivity contribution in [3.05, 3.63) is 48.9 Å². The number of carboxylic acid groups (broad SMARTS) is 1. The fraction of sp³-hybridized carbons (Fsp3) is 0.348. The maximum atomic E-state index is 13.9. The highest BCUT2D eigenvalue weighted by molar-refractivity contribution is 5.98. The first-order valence-corrected chi connectivity index (χ1v) is 10.7. The van der Waals surface area contributed by atoms with E-state index in [1.54, 1.807) is 6.20 Å². The van der Waals surface area contributed by atoms with E-state index in [4.69, 9.17) is 0 Å². The molecule has 1 unspecified atom stereocenters. The van der Waals surface area contributed by atoms with Gasteiger partial charge in [0.05, 0.1) is 17.8 Å². The van der Waals surface area contributed by atoms with Crippen LogP contribution in [0.5, 0.6) is 0 Å². The van der Waals surface area contributed by atoms with Crippen LogP contribution in [0, 0.1) is 23.6 Å². The predicted molar refractivity (Wildman–Crippen MR) is 114 cm³/mol. The third kappa shape index (κ3) is 2.89. The SMILES string of the molecule is O=C(O)[C@@H]1C(Nc2cc(-c3c[nH]c4ncc(F)cc34)c3nccn3c2)[C@H]2CC[C@@H]1CC2. The number of aromatic nitrogens is 4. The highest BCUT2D eigenvalue weighted by Crippen LogP contribution is 2.46. The van der Waals surface area contributed by atoms with E-state index in [0.717, 1.165) is 48.1 Å². The zero-order valence-electron chi connectivity index (χ0n) is 16.8. The lowest BCUT2D eigenvalue weighted by Gasteiger charge is -2.47. The largest absolute Gasteiger partial charge is 0.481 e. The van der Waals surface area contributed by atoms with E-state index in [2.05, 4.69) is 20.3 Å². The average Bonchev–Trinajstić information content (AvgIpc) is 3.40. The third-order valence-corrected chi connectivity index (χ3v) is 7.11. The lowest BCUT2D eigenvalue weighted by molar-refractivity contribution is -0.148. The Morgan fingerprint density at radius 3 is 2.77 bits per heavy atom. The highest BCUT2D eigenvalue weighted by Gasteiger charge is 2.47. The van der Waals surface area contributed by atoms with Gasteiger partial charge in [-0.3, -0.25) is 4.79 Å². The van der Waals surface area contributed by atoms with Crippen molar-refractivity contribution >= 4 is 28.3 Å². The Morgan fingerprint density at radius 1 is 1.16 bits per heavy atom. The maximum Gasteiger partial charge on any atom is 0.308 e. The molecule has 0 aliphatic heterocycles. The Labute approximate surface area is 177 Å². The molecule has 3 saturated carbocycles. The van der Waals surface area contributed by atoms with E-state index >= 15 is 0 Å². The molecule has 4 aromatic heterocycles. The summed E-state index contributed by atoms with van der Waals surface area (Å²) < 4.78 is 15.8. The van der Waals surface area contributed by atoms with Gasteiger partial charge in [0.2, 0.25) is 0 Å². The number of nitrogens with one attached hydrogen (secondary N) is 2. The Bertz CT molecular complexity index is 1300. The minimum atomic E-state index is -0.714. The lowest BCUT2D eigenvalue weighted by Crippen LogP contribution is -2.51. The number of carbonyl (C=O) groups is 1. The molecular weight excluding hydrogens is 397 g/mol. The molecule has 3 N–H and O–H groups in total. The fourth-order valence-corrected chi connectivity index (χ4v) is 5.72. The first-order chi connectivity index (χ1) is 15.1. The van der Waals surface area contributed by atoms with Crippen molar-refractivity contribution in [3.63, 3.8) is 0 Å². The predicted octanol–water partition coefficient (Wildman–Crippen LogP) is 4.32. The summed E-state index contributed by atoms with van der Waals surface area (Å²) in [6, 6.07) is 3.35. The minimum Gasteiger partial charge on any atom is -0.481 e. The summed E-state index contributed by atoms with van der Waals surface area (Å²) in [4.78, 5) is 23.8. The summed E-state index contributed by atoms with van der Waals surface area (Å²) in [6.45, 7) is 0. The fourth-order valence-electron chi connectivity index (χ4n) is 5.72. The Balaban J connectivity index is 1.45. The van der Waals surface area contributed by atoms with Gasteiger partial charge in [-0.25, -0.2) is 14.4 Å². The zero-order valence-corrected chi connectivity index (χ0v) is 16.8. The molecule has 0 saturated heterocycles. The van der Waals surface area contributed by atoms with E-state index in [9.17, 15) is 14.3 Å². The molecule has 31 heavy (non-hydrogen) atoms. The lowest BCUT2D eigenvalue weighted by atomic mass is 9.61. The first kappa shape index (κ1) is 18.4. The van der Waals surface area contributed by atoms with Crippen molar-refractivity contribution in [2.45, 2.75) is 31.7 Å². The highest BCUT2D eigenvalue weighted by atomic mass is 19.1. The van der Waals surface area contributed by atoms with Crippen LogP contribution < -0.4 is 5.32 Å². The van der Waals surface area contributed by atoms with Gasteiger partial charge in [-0.2, -0.15) is 0 Å². The standard InChI is InChI=1S/C23H22FN5O2/c24-14-7-16-18(10-27-21(16)26-9-14)17-8-15(11-29-6-5-25-22(17)29)28-20-13-3-1-12(2-4-13)19(20)23(30)31/h5-13,19-20,28H,1-4H2,(H,26,27)(H,30,31)/t12-,13+,19-,20?/m0/s1. The van der Waals surface area contributed by atoms with Gasteiger partial charge in [-0.05, 0) is 49.7 Å². The van der Waals surface area contributed by atoms with Crippen molar-refractivity contribution in [3.8, 4) is 11.1 Å². The van der Waals surface area contributed by atoms with Crippen LogP contribution in [0.15, 0.2) is 43.1 Å².